The average molecular weight is 1560 g/mol. The van der Waals surface area contributed by atoms with Gasteiger partial charge in [0.25, 0.3) is 0 Å². The van der Waals surface area contributed by atoms with Gasteiger partial charge in [-0.15, -0.1) is 0 Å². The van der Waals surface area contributed by atoms with Gasteiger partial charge in [0.1, 0.15) is 59.3 Å². The molecule has 0 aromatic carbocycles. The number of hydrogen-bond donors (Lipinski definition) is 8. The number of carbonyl (C=O) groups excluding carboxylic acids is 5. The second-order valence-corrected chi connectivity index (χ2v) is 38.4. The Balaban J connectivity index is 0.000000140. The second kappa shape index (κ2) is 27.5. The summed E-state index contributed by atoms with van der Waals surface area (Å²) in [4.78, 5) is 76.1. The van der Waals surface area contributed by atoms with Crippen LogP contribution in [0.2, 0.25) is 0 Å². The lowest BCUT2D eigenvalue weighted by Gasteiger charge is -2.65. The quantitative estimate of drug-likeness (QED) is 0.0467. The lowest BCUT2D eigenvalue weighted by atomic mass is 9.41. The van der Waals surface area contributed by atoms with Gasteiger partial charge in [0.15, 0.2) is 23.6 Å². The molecule has 0 amide bonds. The molecule has 1 spiro atoms. The molecule has 25 unspecified atom stereocenters. The first-order valence-corrected chi connectivity index (χ1v) is 40.4. The summed E-state index contributed by atoms with van der Waals surface area (Å²) in [6, 6.07) is 3.23. The lowest BCUT2D eigenvalue weighted by molar-refractivity contribution is -0.372. The fourth-order valence-electron chi connectivity index (χ4n) is 27.5. The summed E-state index contributed by atoms with van der Waals surface area (Å²) in [5, 5.41) is 87.7. The van der Waals surface area contributed by atoms with Crippen LogP contribution in [0.25, 0.3) is 0 Å². The fraction of sp³-hybridized carbons (Fsp3) is 0.708. The third kappa shape index (κ3) is 11.4. The van der Waals surface area contributed by atoms with Crippen molar-refractivity contribution in [3.05, 3.63) is 130 Å². The first kappa shape index (κ1) is 82.5. The Labute approximate surface area is 657 Å². The van der Waals surface area contributed by atoms with Crippen LogP contribution in [0.1, 0.15) is 192 Å². The first-order valence-electron chi connectivity index (χ1n) is 40.4. The number of allylic oxidation sites excluding steroid dienone is 7. The van der Waals surface area contributed by atoms with Gasteiger partial charge >= 0.3 is 17.6 Å². The molecule has 3 saturated heterocycles. The van der Waals surface area contributed by atoms with Crippen molar-refractivity contribution in [2.45, 2.75) is 277 Å². The van der Waals surface area contributed by atoms with E-state index in [9.17, 15) is 69.6 Å². The van der Waals surface area contributed by atoms with Gasteiger partial charge in [-0.3, -0.25) is 24.0 Å². The average Bonchev–Trinajstić information content (AvgIpc) is 1.45. The number of hydrogen-bond acceptors (Lipinski definition) is 23. The number of methoxy groups -OCH3 is 1. The molecular weight excluding hydrogens is 1440 g/mol. The number of esters is 2. The van der Waals surface area contributed by atoms with E-state index in [1.807, 2.05) is 45.9 Å². The van der Waals surface area contributed by atoms with E-state index in [1.54, 1.807) is 24.3 Å². The highest BCUT2D eigenvalue weighted by molar-refractivity contribution is 6.00. The Kier molecular flexibility index (Phi) is 20.3. The molecule has 1 aromatic heterocycles. The van der Waals surface area contributed by atoms with Crippen molar-refractivity contribution in [3.63, 3.8) is 0 Å². The summed E-state index contributed by atoms with van der Waals surface area (Å²) in [5.41, 5.74) is -2.93. The second-order valence-electron chi connectivity index (χ2n) is 38.4. The van der Waals surface area contributed by atoms with Gasteiger partial charge in [-0.1, -0.05) is 128 Å². The van der Waals surface area contributed by atoms with Crippen LogP contribution in [0.5, 0.6) is 0 Å². The minimum absolute atomic E-state index is 0. The van der Waals surface area contributed by atoms with E-state index in [1.165, 1.54) is 26.4 Å². The van der Waals surface area contributed by atoms with Crippen molar-refractivity contribution in [2.75, 3.05) is 13.7 Å². The van der Waals surface area contributed by atoms with E-state index in [-0.39, 0.29) is 132 Å². The molecule has 0 radical (unpaired) electrons. The van der Waals surface area contributed by atoms with Gasteiger partial charge in [-0.25, -0.2) is 4.79 Å². The first-order chi connectivity index (χ1) is 51.9. The standard InChI is InChI=1S/C30H42O11.C30H40O6.C28H34O6.CH4/c1-14-11-29(37)17-6-10-30(41-26-24(35)23(34)22(33)19(12-31)40-26)25-18(39-25)7-9-28(30,36)16(17)5-8-27(29,2)21(14)15-3-4-20(32)38-13-15;1-15-12-19(26(33)35-15)20-13-23-30(36-23)18(4)25(16(2)17(3)29(20,30)8)28(7)11-10-22(31)27(5,6)21(28)14-24(32)34-9;1-14-11-17(25(32)33-14)16-7-8-18-24(16)19(30)12-21-27(5)10-9-22(31)26(3,4)20(27)13-23(28(18,21)6)34-15(2)29;/h3-4,13-14,16-19,21-26,31,33-37H,5-12H2,1-2H3;10-12,16-17,20-21,23,25-26,33H,1,4,13-14H2,2-3,5-9H3;9-11,16,20-21,23,25,32H,1,7-8,12-13H2,2-6H3;1H4/t;16-,17+,20+,21+,23-,25?,26?,28+,29+,30?;;/m.1../s1. The summed E-state index contributed by atoms with van der Waals surface area (Å²) in [7, 11) is 1.40. The lowest BCUT2D eigenvalue weighted by Crippen LogP contribution is -2.75. The highest BCUT2D eigenvalue weighted by Gasteiger charge is 2.83. The van der Waals surface area contributed by atoms with Gasteiger partial charge in [0, 0.05) is 69.1 Å². The topological polar surface area (TPSA) is 358 Å². The number of ether oxygens (including phenoxy) is 8. The van der Waals surface area contributed by atoms with Gasteiger partial charge in [0.05, 0.1) is 49.8 Å². The number of Topliss-reactive ketones (excluding diaryl/α,β-unsaturated/α-hetero) is 1. The number of fused-ring (bicyclic) bond motifs is 11. The molecule has 23 nitrogen and oxygen atoms in total. The Bertz CT molecular complexity index is 4290. The normalized spacial score (nSPS) is 49.0. The molecule has 16 aliphatic rings. The molecule has 5 aliphatic heterocycles. The fourth-order valence-corrected chi connectivity index (χ4v) is 27.5. The van der Waals surface area contributed by atoms with Crippen LogP contribution >= 0.6 is 0 Å². The van der Waals surface area contributed by atoms with Crippen LogP contribution in [0, 0.1) is 103 Å². The third-order valence-electron chi connectivity index (χ3n) is 33.2. The van der Waals surface area contributed by atoms with Crippen LogP contribution in [-0.4, -0.2) is 174 Å². The van der Waals surface area contributed by atoms with E-state index in [2.05, 4.69) is 68.5 Å². The van der Waals surface area contributed by atoms with Crippen LogP contribution in [0.4, 0.5) is 0 Å². The monoisotopic (exact) mass is 1560 g/mol. The number of carbonyl (C=O) groups is 5. The van der Waals surface area contributed by atoms with Crippen molar-refractivity contribution >= 4 is 29.3 Å². The molecule has 17 rings (SSSR count). The zero-order chi connectivity index (χ0) is 80.5. The minimum Gasteiger partial charge on any atom is -0.469 e. The maximum atomic E-state index is 13.8. The van der Waals surface area contributed by atoms with Gasteiger partial charge < -0.3 is 83.2 Å². The van der Waals surface area contributed by atoms with Crippen LogP contribution in [0.15, 0.2) is 123 Å². The molecule has 614 valence electrons. The van der Waals surface area contributed by atoms with E-state index >= 15 is 0 Å². The van der Waals surface area contributed by atoms with Crippen molar-refractivity contribution in [1.82, 2.24) is 0 Å². The predicted molar refractivity (Wildman–Crippen MR) is 407 cm³/mol. The van der Waals surface area contributed by atoms with Crippen LogP contribution < -0.4 is 5.63 Å². The molecule has 6 heterocycles. The molecule has 112 heavy (non-hydrogen) atoms. The van der Waals surface area contributed by atoms with E-state index in [0.29, 0.717) is 87.7 Å². The summed E-state index contributed by atoms with van der Waals surface area (Å²) in [6.07, 6.45) is 9.34. The van der Waals surface area contributed by atoms with E-state index in [4.69, 9.17) is 48.9 Å². The molecule has 0 bridgehead atoms. The zero-order valence-electron chi connectivity index (χ0n) is 66.7. The highest BCUT2D eigenvalue weighted by Crippen LogP contribution is 2.79. The molecule has 8 N–H and O–H groups in total. The predicted octanol–water partition coefficient (Wildman–Crippen LogP) is 9.75. The Morgan fingerprint density at radius 1 is 0.714 bits per heavy atom. The Hall–Kier alpha value is -6.06. The number of aliphatic hydroxyl groups excluding tert-OH is 6. The van der Waals surface area contributed by atoms with E-state index < -0.39 is 123 Å². The van der Waals surface area contributed by atoms with Crippen molar-refractivity contribution in [3.8, 4) is 0 Å². The molecular formula is C89H120O23. The van der Waals surface area contributed by atoms with Crippen molar-refractivity contribution < 1.29 is 107 Å². The summed E-state index contributed by atoms with van der Waals surface area (Å²) in [6.45, 7) is 38.6. The molecule has 7 saturated carbocycles. The SMILES string of the molecule is C.C=C1C=C(C2CCC3=C2C(=O)CC2C4(C)C=CC(=O)C(C)(C)C4CC(OC(C)=O)C32C)C(O)O1.C=C1C=C([C@@H]2C[C@H]3OC34C(=C)C([C@@]3(C)C=CC(=O)C(C)(C)[C@@H]3CC(=O)OC)[C@H](C)[C@H](C)[C@@]24C)C(O)O1.CC1CC2(O)C3CCC4(OC5OC(CO)C(O)C(O)C5O)C5OC5CCC4(O)C3CCC2(C)C1c1ccc(=O)oc1. The Morgan fingerprint density at radius 2 is 1.35 bits per heavy atom. The number of aliphatic hydroxyl groups is 8. The highest BCUT2D eigenvalue weighted by atomic mass is 16.7. The third-order valence-corrected chi connectivity index (χ3v) is 33.2. The largest absolute Gasteiger partial charge is 0.469 e. The number of ketones is 3. The molecule has 11 aliphatic carbocycles. The van der Waals surface area contributed by atoms with Gasteiger partial charge in [-0.2, -0.15) is 0 Å². The van der Waals surface area contributed by atoms with Crippen molar-refractivity contribution in [1.29, 1.82) is 0 Å². The molecule has 32 atom stereocenters. The molecule has 23 heteroatoms. The van der Waals surface area contributed by atoms with Gasteiger partial charge in [-0.05, 0) is 188 Å². The number of epoxide rings is 2. The van der Waals surface area contributed by atoms with Crippen LogP contribution in [-0.2, 0) is 61.9 Å². The summed E-state index contributed by atoms with van der Waals surface area (Å²) >= 11 is 0. The van der Waals surface area contributed by atoms with Crippen LogP contribution in [0.3, 0.4) is 0 Å². The smallest absolute Gasteiger partial charge is 0.335 e. The zero-order valence-corrected chi connectivity index (χ0v) is 66.7. The summed E-state index contributed by atoms with van der Waals surface area (Å²) < 4.78 is 52.0. The maximum Gasteiger partial charge on any atom is 0.335 e. The van der Waals surface area contributed by atoms with Gasteiger partial charge in [0.2, 0.25) is 12.6 Å². The Morgan fingerprint density at radius 3 is 1.96 bits per heavy atom. The summed E-state index contributed by atoms with van der Waals surface area (Å²) in [5.74, 6) is -0.204. The van der Waals surface area contributed by atoms with E-state index in [0.717, 1.165) is 34.3 Å². The maximum absolute atomic E-state index is 13.8. The minimum atomic E-state index is -1.60. The molecule has 1 aromatic rings. The molecule has 10 fully saturated rings. The number of rotatable bonds is 10. The van der Waals surface area contributed by atoms with Crippen molar-refractivity contribution in [2.24, 2.45) is 103 Å².